The topological polar surface area (TPSA) is 104 Å². The monoisotopic (exact) mass is 516 g/mol. The molecule has 1 atom stereocenters. The van der Waals surface area contributed by atoms with Gasteiger partial charge in [0, 0.05) is 56.7 Å². The van der Waals surface area contributed by atoms with Gasteiger partial charge in [-0.2, -0.15) is 0 Å². The minimum Gasteiger partial charge on any atom is -0.340 e. The maximum Gasteiger partial charge on any atom is 0.247 e. The first-order chi connectivity index (χ1) is 17.6. The standard InChI is InChI=1S/C26H27F3N4O4/c27-20-12-22(29)21(28)10-17(20)9-18(30)11-24(35)32-13-16-3-1-2-4-23(16)33(26(37)14-32)15-25(36)31-7-5-19(34)6-8-31/h1-4,10,12,18H,5-9,11,13-15,30H2/t18-/m1/s1. The lowest BCUT2D eigenvalue weighted by Gasteiger charge is -2.29. The zero-order chi connectivity index (χ0) is 26.7. The number of hydrogen-bond donors (Lipinski definition) is 1. The third-order valence-corrected chi connectivity index (χ3v) is 6.60. The highest BCUT2D eigenvalue weighted by Gasteiger charge is 2.32. The zero-order valence-corrected chi connectivity index (χ0v) is 20.1. The summed E-state index contributed by atoms with van der Waals surface area (Å²) in [6, 6.07) is 7.18. The Balaban J connectivity index is 1.45. The van der Waals surface area contributed by atoms with Gasteiger partial charge in [0.2, 0.25) is 17.7 Å². The van der Waals surface area contributed by atoms with Crippen molar-refractivity contribution in [3.63, 3.8) is 0 Å². The van der Waals surface area contributed by atoms with Crippen molar-refractivity contribution >= 4 is 29.2 Å². The molecule has 2 aliphatic rings. The summed E-state index contributed by atoms with van der Waals surface area (Å²) in [5, 5.41) is 0. The van der Waals surface area contributed by atoms with Gasteiger partial charge in [-0.15, -0.1) is 0 Å². The number of para-hydroxylation sites is 1. The van der Waals surface area contributed by atoms with Crippen LogP contribution in [-0.2, 0) is 32.1 Å². The second kappa shape index (κ2) is 11.1. The van der Waals surface area contributed by atoms with Crippen LogP contribution in [0.25, 0.3) is 0 Å². The van der Waals surface area contributed by atoms with Crippen molar-refractivity contribution in [3.05, 3.63) is 65.0 Å². The molecule has 8 nitrogen and oxygen atoms in total. The van der Waals surface area contributed by atoms with Crippen LogP contribution in [0.1, 0.15) is 30.4 Å². The molecule has 0 aliphatic carbocycles. The molecule has 2 N–H and O–H groups in total. The van der Waals surface area contributed by atoms with E-state index in [4.69, 9.17) is 5.73 Å². The second-order valence-corrected chi connectivity index (χ2v) is 9.30. The van der Waals surface area contributed by atoms with E-state index in [1.165, 1.54) is 9.80 Å². The molecule has 0 spiro atoms. The van der Waals surface area contributed by atoms with Crippen LogP contribution in [0.3, 0.4) is 0 Å². The van der Waals surface area contributed by atoms with Crippen molar-refractivity contribution < 1.29 is 32.3 Å². The summed E-state index contributed by atoms with van der Waals surface area (Å²) >= 11 is 0. The number of anilines is 1. The summed E-state index contributed by atoms with van der Waals surface area (Å²) in [4.78, 5) is 54.9. The zero-order valence-electron chi connectivity index (χ0n) is 20.1. The predicted molar refractivity (Wildman–Crippen MR) is 128 cm³/mol. The predicted octanol–water partition coefficient (Wildman–Crippen LogP) is 1.93. The summed E-state index contributed by atoms with van der Waals surface area (Å²) in [7, 11) is 0. The molecule has 3 amide bonds. The van der Waals surface area contributed by atoms with E-state index in [-0.39, 0.29) is 62.6 Å². The number of halogens is 3. The Hall–Kier alpha value is -3.73. The molecule has 1 fully saturated rings. The van der Waals surface area contributed by atoms with Crippen LogP contribution < -0.4 is 10.6 Å². The van der Waals surface area contributed by atoms with Gasteiger partial charge < -0.3 is 20.4 Å². The highest BCUT2D eigenvalue weighted by molar-refractivity contribution is 6.02. The molecule has 0 radical (unpaired) electrons. The fourth-order valence-corrected chi connectivity index (χ4v) is 4.57. The maximum atomic E-state index is 14.0. The van der Waals surface area contributed by atoms with Crippen molar-refractivity contribution in [1.82, 2.24) is 9.80 Å². The summed E-state index contributed by atoms with van der Waals surface area (Å²) in [5.41, 5.74) is 7.04. The number of carbonyl (C=O) groups excluding carboxylic acids is 4. The van der Waals surface area contributed by atoms with Crippen LogP contribution in [0.5, 0.6) is 0 Å². The lowest BCUT2D eigenvalue weighted by Crippen LogP contribution is -2.48. The maximum absolute atomic E-state index is 14.0. The van der Waals surface area contributed by atoms with Crippen LogP contribution in [0.4, 0.5) is 18.9 Å². The summed E-state index contributed by atoms with van der Waals surface area (Å²) in [5.74, 6) is -4.61. The third-order valence-electron chi connectivity index (χ3n) is 6.60. The first-order valence-electron chi connectivity index (χ1n) is 12.0. The Morgan fingerprint density at radius 1 is 0.892 bits per heavy atom. The van der Waals surface area contributed by atoms with Gasteiger partial charge in [0.25, 0.3) is 0 Å². The molecular formula is C26H27F3N4O4. The SMILES string of the molecule is N[C@@H](CC(=O)N1CC(=O)N(CC(=O)N2CCC(=O)CC2)c2ccccc2C1)Cc1cc(F)c(F)cc1F. The van der Waals surface area contributed by atoms with Crippen LogP contribution in [0.15, 0.2) is 36.4 Å². The molecule has 4 rings (SSSR count). The first kappa shape index (κ1) is 26.3. The molecule has 37 heavy (non-hydrogen) atoms. The summed E-state index contributed by atoms with van der Waals surface area (Å²) < 4.78 is 40.7. The molecular weight excluding hydrogens is 489 g/mol. The van der Waals surface area contributed by atoms with Gasteiger partial charge in [0.05, 0.1) is 0 Å². The highest BCUT2D eigenvalue weighted by Crippen LogP contribution is 2.26. The molecule has 2 aromatic rings. The molecule has 2 heterocycles. The van der Waals surface area contributed by atoms with Crippen LogP contribution in [-0.4, -0.2) is 65.5 Å². The molecule has 196 valence electrons. The number of benzene rings is 2. The van der Waals surface area contributed by atoms with Gasteiger partial charge in [-0.3, -0.25) is 19.2 Å². The van der Waals surface area contributed by atoms with Gasteiger partial charge in [-0.1, -0.05) is 18.2 Å². The quantitative estimate of drug-likeness (QED) is 0.591. The molecule has 2 aromatic carbocycles. The van der Waals surface area contributed by atoms with E-state index in [0.717, 1.165) is 0 Å². The summed E-state index contributed by atoms with van der Waals surface area (Å²) in [6.45, 7) is 0.188. The van der Waals surface area contributed by atoms with Crippen molar-refractivity contribution in [1.29, 1.82) is 0 Å². The average Bonchev–Trinajstić information content (AvgIpc) is 2.99. The van der Waals surface area contributed by atoms with Crippen LogP contribution >= 0.6 is 0 Å². The van der Waals surface area contributed by atoms with Crippen molar-refractivity contribution in [3.8, 4) is 0 Å². The van der Waals surface area contributed by atoms with E-state index in [1.54, 1.807) is 29.2 Å². The molecule has 11 heteroatoms. The largest absolute Gasteiger partial charge is 0.340 e. The smallest absolute Gasteiger partial charge is 0.247 e. The van der Waals surface area contributed by atoms with E-state index < -0.39 is 35.3 Å². The van der Waals surface area contributed by atoms with Gasteiger partial charge in [0.1, 0.15) is 24.7 Å². The number of nitrogens with zero attached hydrogens (tertiary/aromatic N) is 3. The number of hydrogen-bond acceptors (Lipinski definition) is 5. The highest BCUT2D eigenvalue weighted by atomic mass is 19.2. The Morgan fingerprint density at radius 2 is 1.57 bits per heavy atom. The van der Waals surface area contributed by atoms with E-state index in [9.17, 15) is 32.3 Å². The van der Waals surface area contributed by atoms with Crippen molar-refractivity contribution in [2.75, 3.05) is 31.1 Å². The molecule has 0 bridgehead atoms. The lowest BCUT2D eigenvalue weighted by atomic mass is 10.0. The number of rotatable bonds is 6. The first-order valence-corrected chi connectivity index (χ1v) is 12.0. The van der Waals surface area contributed by atoms with Crippen LogP contribution in [0.2, 0.25) is 0 Å². The number of carbonyl (C=O) groups is 4. The number of fused-ring (bicyclic) bond motifs is 1. The third kappa shape index (κ3) is 6.16. The number of Topliss-reactive ketones (excluding diaryl/α,β-unsaturated/α-hetero) is 1. The van der Waals surface area contributed by atoms with E-state index >= 15 is 0 Å². The fraction of sp³-hybridized carbons (Fsp3) is 0.385. The van der Waals surface area contributed by atoms with E-state index in [1.807, 2.05) is 0 Å². The van der Waals surface area contributed by atoms with Crippen molar-refractivity contribution in [2.24, 2.45) is 5.73 Å². The fourth-order valence-electron chi connectivity index (χ4n) is 4.57. The average molecular weight is 517 g/mol. The van der Waals surface area contributed by atoms with Gasteiger partial charge in [0.15, 0.2) is 11.6 Å². The normalized spacial score (nSPS) is 16.9. The number of piperidine rings is 1. The Bertz CT molecular complexity index is 1230. The molecule has 0 unspecified atom stereocenters. The van der Waals surface area contributed by atoms with Crippen molar-refractivity contribution in [2.45, 2.75) is 38.3 Å². The molecule has 2 aliphatic heterocycles. The Kier molecular flexibility index (Phi) is 7.91. The van der Waals surface area contributed by atoms with E-state index in [0.29, 0.717) is 36.5 Å². The molecule has 0 aromatic heterocycles. The molecule has 0 saturated carbocycles. The number of nitrogens with two attached hydrogens (primary N) is 1. The van der Waals surface area contributed by atoms with Gasteiger partial charge in [-0.25, -0.2) is 13.2 Å². The minimum absolute atomic E-state index is 0.0932. The number of ketones is 1. The minimum atomic E-state index is -1.32. The summed E-state index contributed by atoms with van der Waals surface area (Å²) in [6.07, 6.45) is 0.112. The van der Waals surface area contributed by atoms with Crippen LogP contribution in [0, 0.1) is 17.5 Å². The second-order valence-electron chi connectivity index (χ2n) is 9.30. The van der Waals surface area contributed by atoms with E-state index in [2.05, 4.69) is 0 Å². The Labute approximate surface area is 211 Å². The number of likely N-dealkylation sites (tertiary alicyclic amines) is 1. The number of amides is 3. The van der Waals surface area contributed by atoms with Gasteiger partial charge >= 0.3 is 0 Å². The van der Waals surface area contributed by atoms with Gasteiger partial charge in [-0.05, 0) is 29.7 Å². The lowest BCUT2D eigenvalue weighted by molar-refractivity contribution is -0.136. The molecule has 1 saturated heterocycles. The Morgan fingerprint density at radius 3 is 2.30 bits per heavy atom.